The van der Waals surface area contributed by atoms with Crippen molar-refractivity contribution < 1.29 is 31.6 Å². The van der Waals surface area contributed by atoms with E-state index < -0.39 is 18.0 Å². The first-order valence-electron chi connectivity index (χ1n) is 10.4. The van der Waals surface area contributed by atoms with E-state index in [1.807, 2.05) is 24.3 Å². The van der Waals surface area contributed by atoms with E-state index in [0.29, 0.717) is 18.3 Å². The lowest BCUT2D eigenvalue weighted by molar-refractivity contribution is -0.159. The van der Waals surface area contributed by atoms with Crippen LogP contribution in [0.3, 0.4) is 0 Å². The van der Waals surface area contributed by atoms with Crippen LogP contribution in [0.4, 0.5) is 19.2 Å². The molecule has 9 nitrogen and oxygen atoms in total. The summed E-state index contributed by atoms with van der Waals surface area (Å²) in [7, 11) is 3.36. The quantitative estimate of drug-likeness (QED) is 0.393. The Labute approximate surface area is 197 Å². The summed E-state index contributed by atoms with van der Waals surface area (Å²) < 4.78 is 53.0. The molecule has 2 heterocycles. The second-order valence-corrected chi connectivity index (χ2v) is 7.42. The largest absolute Gasteiger partial charge is 0.497 e. The molecule has 0 atom stereocenters. The van der Waals surface area contributed by atoms with Crippen molar-refractivity contribution in [3.8, 4) is 28.4 Å². The molecule has 35 heavy (non-hydrogen) atoms. The number of anilines is 1. The first-order chi connectivity index (χ1) is 16.7. The second-order valence-electron chi connectivity index (χ2n) is 7.42. The lowest BCUT2D eigenvalue weighted by Crippen LogP contribution is -2.33. The molecule has 0 aliphatic heterocycles. The van der Waals surface area contributed by atoms with Gasteiger partial charge in [0.25, 0.3) is 11.9 Å². The number of hydrogen-bond acceptors (Lipinski definition) is 8. The molecule has 0 bridgehead atoms. The van der Waals surface area contributed by atoms with Crippen LogP contribution >= 0.6 is 0 Å². The van der Waals surface area contributed by atoms with E-state index >= 15 is 0 Å². The second kappa shape index (κ2) is 9.87. The fourth-order valence-electron chi connectivity index (χ4n) is 3.12. The van der Waals surface area contributed by atoms with Gasteiger partial charge in [-0.05, 0) is 36.4 Å². The summed E-state index contributed by atoms with van der Waals surface area (Å²) in [5.74, 6) is -1.39. The van der Waals surface area contributed by atoms with Crippen LogP contribution in [-0.2, 0) is 6.18 Å². The van der Waals surface area contributed by atoms with Crippen LogP contribution in [0.1, 0.15) is 16.2 Å². The Kier molecular flexibility index (Phi) is 6.71. The molecule has 0 radical (unpaired) electrons. The van der Waals surface area contributed by atoms with E-state index in [1.165, 1.54) is 24.3 Å². The minimum Gasteiger partial charge on any atom is -0.497 e. The van der Waals surface area contributed by atoms with Crippen LogP contribution < -0.4 is 15.0 Å². The zero-order valence-electron chi connectivity index (χ0n) is 18.7. The van der Waals surface area contributed by atoms with Gasteiger partial charge in [0.15, 0.2) is 0 Å². The van der Waals surface area contributed by atoms with Gasteiger partial charge in [-0.3, -0.25) is 4.79 Å². The van der Waals surface area contributed by atoms with Gasteiger partial charge in [0.2, 0.25) is 5.82 Å². The number of aromatic nitrogens is 3. The molecule has 12 heteroatoms. The van der Waals surface area contributed by atoms with Crippen LogP contribution in [0.15, 0.2) is 63.7 Å². The Hall–Kier alpha value is -4.35. The SMILES string of the molecule is COc1ccc(-c2coc(N(C)CCNC(=O)c3cccc(-c4noc(C(F)(F)F)n4)c3)n2)cc1. The van der Waals surface area contributed by atoms with E-state index in [9.17, 15) is 18.0 Å². The number of oxazole rings is 1. The Morgan fingerprint density at radius 3 is 2.57 bits per heavy atom. The summed E-state index contributed by atoms with van der Waals surface area (Å²) in [6.07, 6.45) is -3.20. The fourth-order valence-corrected chi connectivity index (χ4v) is 3.12. The number of hydrogen-bond donors (Lipinski definition) is 1. The summed E-state index contributed by atoms with van der Waals surface area (Å²) in [5.41, 5.74) is 1.98. The minimum atomic E-state index is -4.75. The maximum absolute atomic E-state index is 12.7. The number of likely N-dealkylation sites (N-methyl/N-ethyl adjacent to an activating group) is 1. The standard InChI is InChI=1S/C23H20F3N5O4/c1-31(22-28-18(13-34-22)14-6-8-17(33-2)9-7-14)11-10-27-20(32)16-5-3-4-15(12-16)19-29-21(35-30-19)23(24,25)26/h3-9,12-13H,10-11H2,1-2H3,(H,27,32). The molecule has 0 spiro atoms. The third kappa shape index (κ3) is 5.60. The normalized spacial score (nSPS) is 11.3. The molecular weight excluding hydrogens is 467 g/mol. The van der Waals surface area contributed by atoms with Gasteiger partial charge < -0.3 is 23.9 Å². The molecule has 0 saturated carbocycles. The van der Waals surface area contributed by atoms with Gasteiger partial charge in [0.1, 0.15) is 17.7 Å². The number of ether oxygens (including phenoxy) is 1. The molecule has 0 aliphatic carbocycles. The molecular formula is C23H20F3N5O4. The number of carbonyl (C=O) groups is 1. The van der Waals surface area contributed by atoms with Crippen molar-refractivity contribution in [3.05, 3.63) is 66.2 Å². The van der Waals surface area contributed by atoms with Gasteiger partial charge in [-0.2, -0.15) is 23.1 Å². The van der Waals surface area contributed by atoms with Gasteiger partial charge in [-0.15, -0.1) is 0 Å². The molecule has 0 aliphatic rings. The van der Waals surface area contributed by atoms with Crippen LogP contribution in [0, 0.1) is 0 Å². The molecule has 0 saturated heterocycles. The average molecular weight is 487 g/mol. The number of alkyl halides is 3. The van der Waals surface area contributed by atoms with Gasteiger partial charge in [-0.1, -0.05) is 17.3 Å². The van der Waals surface area contributed by atoms with E-state index in [0.717, 1.165) is 11.3 Å². The topological polar surface area (TPSA) is 107 Å². The molecule has 0 fully saturated rings. The number of nitrogens with zero attached hydrogens (tertiary/aromatic N) is 4. The Bertz CT molecular complexity index is 1300. The summed E-state index contributed by atoms with van der Waals surface area (Å²) >= 11 is 0. The Morgan fingerprint density at radius 2 is 1.89 bits per heavy atom. The van der Waals surface area contributed by atoms with E-state index in [-0.39, 0.29) is 23.5 Å². The molecule has 4 rings (SSSR count). The maximum Gasteiger partial charge on any atom is 0.471 e. The summed E-state index contributed by atoms with van der Waals surface area (Å²) in [6.45, 7) is 0.661. The number of carbonyl (C=O) groups excluding carboxylic acids is 1. The Balaban J connectivity index is 1.33. The van der Waals surface area contributed by atoms with Crippen LogP contribution in [0.5, 0.6) is 5.75 Å². The zero-order chi connectivity index (χ0) is 25.0. The third-order valence-electron chi connectivity index (χ3n) is 4.99. The molecule has 4 aromatic rings. The smallest absolute Gasteiger partial charge is 0.471 e. The van der Waals surface area contributed by atoms with Crippen LogP contribution in [0.25, 0.3) is 22.6 Å². The number of methoxy groups -OCH3 is 1. The van der Waals surface area contributed by atoms with Crippen molar-refractivity contribution in [1.29, 1.82) is 0 Å². The van der Waals surface area contributed by atoms with E-state index in [1.54, 1.807) is 25.3 Å². The van der Waals surface area contributed by atoms with E-state index in [2.05, 4.69) is 25.0 Å². The predicted octanol–water partition coefficient (Wildman–Crippen LogP) is 4.29. The number of rotatable bonds is 8. The molecule has 1 N–H and O–H groups in total. The molecule has 182 valence electrons. The average Bonchev–Trinajstić information content (AvgIpc) is 3.55. The lowest BCUT2D eigenvalue weighted by Gasteiger charge is -2.14. The molecule has 0 unspecified atom stereocenters. The highest BCUT2D eigenvalue weighted by molar-refractivity contribution is 5.95. The highest BCUT2D eigenvalue weighted by Gasteiger charge is 2.38. The van der Waals surface area contributed by atoms with Crippen molar-refractivity contribution in [2.24, 2.45) is 0 Å². The van der Waals surface area contributed by atoms with E-state index in [4.69, 9.17) is 9.15 Å². The maximum atomic E-state index is 12.7. The van der Waals surface area contributed by atoms with Crippen molar-refractivity contribution in [1.82, 2.24) is 20.4 Å². The fraction of sp³-hybridized carbons (Fsp3) is 0.217. The lowest BCUT2D eigenvalue weighted by atomic mass is 10.1. The molecule has 2 aromatic heterocycles. The number of amides is 1. The zero-order valence-corrected chi connectivity index (χ0v) is 18.7. The van der Waals surface area contributed by atoms with Gasteiger partial charge >= 0.3 is 12.1 Å². The van der Waals surface area contributed by atoms with Crippen LogP contribution in [-0.4, -0.2) is 48.3 Å². The van der Waals surface area contributed by atoms with Crippen LogP contribution in [0.2, 0.25) is 0 Å². The minimum absolute atomic E-state index is 0.222. The highest BCUT2D eigenvalue weighted by Crippen LogP contribution is 2.29. The first kappa shape index (κ1) is 23.8. The molecule has 1 amide bonds. The predicted molar refractivity (Wildman–Crippen MR) is 119 cm³/mol. The first-order valence-corrected chi connectivity index (χ1v) is 10.4. The molecule has 2 aromatic carbocycles. The number of nitrogens with one attached hydrogen (secondary N) is 1. The van der Waals surface area contributed by atoms with Gasteiger partial charge in [-0.25, -0.2) is 0 Å². The van der Waals surface area contributed by atoms with Gasteiger partial charge in [0.05, 0.1) is 7.11 Å². The number of benzene rings is 2. The Morgan fingerprint density at radius 1 is 1.11 bits per heavy atom. The van der Waals surface area contributed by atoms with Crippen molar-refractivity contribution in [2.45, 2.75) is 6.18 Å². The third-order valence-corrected chi connectivity index (χ3v) is 4.99. The van der Waals surface area contributed by atoms with Crippen molar-refractivity contribution in [3.63, 3.8) is 0 Å². The monoisotopic (exact) mass is 487 g/mol. The summed E-state index contributed by atoms with van der Waals surface area (Å²) in [4.78, 5) is 22.1. The summed E-state index contributed by atoms with van der Waals surface area (Å²) in [5, 5.41) is 6.09. The number of halogens is 3. The highest BCUT2D eigenvalue weighted by atomic mass is 19.4. The van der Waals surface area contributed by atoms with Crippen molar-refractivity contribution in [2.75, 3.05) is 32.1 Å². The van der Waals surface area contributed by atoms with Gasteiger partial charge in [0, 0.05) is 36.8 Å². The van der Waals surface area contributed by atoms with Crippen molar-refractivity contribution >= 4 is 11.9 Å². The summed E-state index contributed by atoms with van der Waals surface area (Å²) in [6, 6.07) is 13.7.